The molecule has 1 aromatic carbocycles. The van der Waals surface area contributed by atoms with Crippen LogP contribution in [0.3, 0.4) is 0 Å². The summed E-state index contributed by atoms with van der Waals surface area (Å²) in [5, 5.41) is 18.8. The summed E-state index contributed by atoms with van der Waals surface area (Å²) in [5.41, 5.74) is 2.14. The predicted molar refractivity (Wildman–Crippen MR) is 90.0 cm³/mol. The Hall–Kier alpha value is -3.03. The Labute approximate surface area is 143 Å². The molecule has 0 unspecified atom stereocenters. The molecule has 0 saturated heterocycles. The van der Waals surface area contributed by atoms with E-state index in [1.54, 1.807) is 23.7 Å². The topological polar surface area (TPSA) is 103 Å². The first-order valence-corrected chi connectivity index (χ1v) is 8.15. The highest BCUT2D eigenvalue weighted by atomic mass is 16.6. The van der Waals surface area contributed by atoms with E-state index in [0.29, 0.717) is 29.3 Å². The first-order chi connectivity index (χ1) is 11.9. The van der Waals surface area contributed by atoms with Crippen LogP contribution in [0.4, 0.5) is 11.6 Å². The van der Waals surface area contributed by atoms with Crippen LogP contribution in [-0.2, 0) is 4.79 Å². The van der Waals surface area contributed by atoms with Gasteiger partial charge in [0.2, 0.25) is 5.95 Å². The monoisotopic (exact) mass is 339 g/mol. The number of ketones is 1. The molecule has 8 nitrogen and oxygen atoms in total. The van der Waals surface area contributed by atoms with E-state index in [1.165, 1.54) is 12.1 Å². The van der Waals surface area contributed by atoms with Gasteiger partial charge in [0.1, 0.15) is 11.9 Å². The Balaban J connectivity index is 1.92. The van der Waals surface area contributed by atoms with Gasteiger partial charge in [-0.05, 0) is 24.8 Å². The molecule has 1 aliphatic carbocycles. The van der Waals surface area contributed by atoms with Crippen molar-refractivity contribution >= 4 is 17.4 Å². The average Bonchev–Trinajstić information content (AvgIpc) is 2.92. The zero-order valence-electron chi connectivity index (χ0n) is 13.9. The van der Waals surface area contributed by atoms with E-state index < -0.39 is 11.0 Å². The molecule has 0 amide bonds. The minimum absolute atomic E-state index is 0.00630. The third-order valence-electron chi connectivity index (χ3n) is 4.63. The number of hydrogen-bond donors (Lipinski definition) is 1. The highest BCUT2D eigenvalue weighted by molar-refractivity contribution is 5.99. The second-order valence-electron chi connectivity index (χ2n) is 6.64. The number of nitrogens with one attached hydrogen (secondary N) is 1. The van der Waals surface area contributed by atoms with Crippen molar-refractivity contribution in [2.75, 3.05) is 5.32 Å². The van der Waals surface area contributed by atoms with E-state index in [1.807, 2.05) is 6.92 Å². The molecule has 1 aliphatic heterocycles. The predicted octanol–water partition coefficient (Wildman–Crippen LogP) is 2.76. The first kappa shape index (κ1) is 15.5. The van der Waals surface area contributed by atoms with Crippen molar-refractivity contribution in [3.05, 3.63) is 57.0 Å². The summed E-state index contributed by atoms with van der Waals surface area (Å²) < 4.78 is 1.65. The fourth-order valence-electron chi connectivity index (χ4n) is 3.63. The maximum absolute atomic E-state index is 12.8. The number of hydrogen-bond acceptors (Lipinski definition) is 6. The number of nitrogens with zero attached hydrogens (tertiary/aromatic N) is 4. The number of fused-ring (bicyclic) bond motifs is 1. The SMILES string of the molecule is Cc1nc2n(n1)[C@H](c1cccc([N+](=O)[O-])c1)C1=C(C[C@@H](C)CC1=O)N2. The van der Waals surface area contributed by atoms with Crippen molar-refractivity contribution in [3.8, 4) is 0 Å². The van der Waals surface area contributed by atoms with E-state index >= 15 is 0 Å². The number of benzene rings is 1. The molecular formula is C17H17N5O3. The lowest BCUT2D eigenvalue weighted by Gasteiger charge is -2.34. The Morgan fingerprint density at radius 2 is 2.16 bits per heavy atom. The van der Waals surface area contributed by atoms with E-state index in [-0.39, 0.29) is 17.4 Å². The zero-order valence-corrected chi connectivity index (χ0v) is 13.9. The third-order valence-corrected chi connectivity index (χ3v) is 4.63. The van der Waals surface area contributed by atoms with Crippen LogP contribution >= 0.6 is 0 Å². The highest BCUT2D eigenvalue weighted by Crippen LogP contribution is 2.41. The Morgan fingerprint density at radius 3 is 2.92 bits per heavy atom. The van der Waals surface area contributed by atoms with Gasteiger partial charge < -0.3 is 5.32 Å². The highest BCUT2D eigenvalue weighted by Gasteiger charge is 2.38. The summed E-state index contributed by atoms with van der Waals surface area (Å²) in [6.07, 6.45) is 1.22. The van der Waals surface area contributed by atoms with Gasteiger partial charge in [0.25, 0.3) is 5.69 Å². The molecule has 1 N–H and O–H groups in total. The van der Waals surface area contributed by atoms with Crippen LogP contribution in [0.1, 0.15) is 37.2 Å². The molecule has 2 atom stereocenters. The van der Waals surface area contributed by atoms with E-state index in [2.05, 4.69) is 15.4 Å². The van der Waals surface area contributed by atoms with Crippen LogP contribution in [0.25, 0.3) is 0 Å². The van der Waals surface area contributed by atoms with Crippen LogP contribution in [0.15, 0.2) is 35.5 Å². The molecule has 8 heteroatoms. The molecule has 0 fully saturated rings. The Kier molecular flexibility index (Phi) is 3.41. The molecule has 2 aliphatic rings. The minimum Gasteiger partial charge on any atom is -0.328 e. The van der Waals surface area contributed by atoms with Gasteiger partial charge in [-0.25, -0.2) is 4.68 Å². The van der Waals surface area contributed by atoms with E-state index in [9.17, 15) is 14.9 Å². The molecule has 1 aromatic heterocycles. The third kappa shape index (κ3) is 2.50. The number of nitro groups is 1. The van der Waals surface area contributed by atoms with Gasteiger partial charge in [-0.1, -0.05) is 19.1 Å². The van der Waals surface area contributed by atoms with E-state index in [0.717, 1.165) is 12.1 Å². The van der Waals surface area contributed by atoms with Crippen LogP contribution in [0, 0.1) is 23.0 Å². The van der Waals surface area contributed by atoms with Crippen molar-refractivity contribution in [1.82, 2.24) is 14.8 Å². The lowest BCUT2D eigenvalue weighted by molar-refractivity contribution is -0.384. The molecule has 0 radical (unpaired) electrons. The molecule has 128 valence electrons. The molecule has 25 heavy (non-hydrogen) atoms. The van der Waals surface area contributed by atoms with Crippen LogP contribution in [0.2, 0.25) is 0 Å². The number of aromatic nitrogens is 3. The smallest absolute Gasteiger partial charge is 0.269 e. The van der Waals surface area contributed by atoms with Gasteiger partial charge in [-0.15, -0.1) is 0 Å². The lowest BCUT2D eigenvalue weighted by atomic mass is 9.81. The van der Waals surface area contributed by atoms with Crippen molar-refractivity contribution < 1.29 is 9.72 Å². The molecule has 4 rings (SSSR count). The van der Waals surface area contributed by atoms with Crippen molar-refractivity contribution in [3.63, 3.8) is 0 Å². The lowest BCUT2D eigenvalue weighted by Crippen LogP contribution is -2.33. The second-order valence-corrected chi connectivity index (χ2v) is 6.64. The van der Waals surface area contributed by atoms with Crippen molar-refractivity contribution in [2.24, 2.45) is 5.92 Å². The first-order valence-electron chi connectivity index (χ1n) is 8.15. The zero-order chi connectivity index (χ0) is 17.7. The molecule has 2 heterocycles. The quantitative estimate of drug-likeness (QED) is 0.666. The van der Waals surface area contributed by atoms with Gasteiger partial charge >= 0.3 is 0 Å². The fraction of sp³-hybridized carbons (Fsp3) is 0.353. The van der Waals surface area contributed by atoms with Crippen molar-refractivity contribution in [2.45, 2.75) is 32.7 Å². The minimum atomic E-state index is -0.493. The van der Waals surface area contributed by atoms with E-state index in [4.69, 9.17) is 0 Å². The Morgan fingerprint density at radius 1 is 1.36 bits per heavy atom. The maximum atomic E-state index is 12.8. The maximum Gasteiger partial charge on any atom is 0.269 e. The number of nitro benzene ring substituents is 1. The number of Topliss-reactive ketones (excluding diaryl/α,β-unsaturated/α-hetero) is 1. The standard InChI is InChI=1S/C17H17N5O3/c1-9-6-13-15(14(23)7-9)16(21-17(19-13)18-10(2)20-21)11-4-3-5-12(8-11)22(24)25/h3-5,8-9,16H,6-7H2,1-2H3,(H,18,19,20)/t9-,16-/m1/s1. The number of rotatable bonds is 2. The van der Waals surface area contributed by atoms with Crippen molar-refractivity contribution in [1.29, 1.82) is 0 Å². The second kappa shape index (κ2) is 5.51. The average molecular weight is 339 g/mol. The summed E-state index contributed by atoms with van der Waals surface area (Å²) in [6, 6.07) is 5.88. The van der Waals surface area contributed by atoms with Gasteiger partial charge in [0.05, 0.1) is 4.92 Å². The summed E-state index contributed by atoms with van der Waals surface area (Å²) in [4.78, 5) is 27.9. The number of anilines is 1. The van der Waals surface area contributed by atoms with Gasteiger partial charge in [-0.3, -0.25) is 14.9 Å². The van der Waals surface area contributed by atoms with Gasteiger partial charge in [0, 0.05) is 29.8 Å². The number of allylic oxidation sites excluding steroid dienone is 2. The molecule has 0 spiro atoms. The van der Waals surface area contributed by atoms with Crippen LogP contribution < -0.4 is 5.32 Å². The number of aryl methyl sites for hydroxylation is 1. The molecular weight excluding hydrogens is 322 g/mol. The number of non-ortho nitro benzene ring substituents is 1. The summed E-state index contributed by atoms with van der Waals surface area (Å²) >= 11 is 0. The largest absolute Gasteiger partial charge is 0.328 e. The van der Waals surface area contributed by atoms with Gasteiger partial charge in [-0.2, -0.15) is 10.1 Å². The summed E-state index contributed by atoms with van der Waals surface area (Å²) in [5.74, 6) is 1.45. The van der Waals surface area contributed by atoms with Gasteiger partial charge in [0.15, 0.2) is 5.78 Å². The summed E-state index contributed by atoms with van der Waals surface area (Å²) in [6.45, 7) is 3.82. The number of carbonyl (C=O) groups excluding carboxylic acids is 1. The molecule has 0 bridgehead atoms. The number of carbonyl (C=O) groups is 1. The Bertz CT molecular complexity index is 930. The normalized spacial score (nSPS) is 22.2. The van der Waals surface area contributed by atoms with Crippen LogP contribution in [0.5, 0.6) is 0 Å². The molecule has 0 saturated carbocycles. The fourth-order valence-corrected chi connectivity index (χ4v) is 3.63. The summed E-state index contributed by atoms with van der Waals surface area (Å²) in [7, 11) is 0. The molecule has 2 aromatic rings. The van der Waals surface area contributed by atoms with Crippen LogP contribution in [-0.4, -0.2) is 25.5 Å².